The van der Waals surface area contributed by atoms with Gasteiger partial charge in [-0.1, -0.05) is 74.0 Å². The molecule has 17 N–H and O–H groups in total. The number of aliphatic hydroxyl groups is 17. The minimum Gasteiger partial charge on any atom is -0.394 e. The molecule has 5 saturated heterocycles. The molecule has 9 rings (SSSR count). The quantitative estimate of drug-likeness (QED) is 0.0558. The summed E-state index contributed by atoms with van der Waals surface area (Å²) >= 11 is 0. The van der Waals surface area contributed by atoms with Gasteiger partial charge in [0.05, 0.1) is 44.7 Å². The van der Waals surface area contributed by atoms with Crippen LogP contribution >= 0.6 is 0 Å². The van der Waals surface area contributed by atoms with Crippen molar-refractivity contribution in [2.45, 2.75) is 286 Å². The summed E-state index contributed by atoms with van der Waals surface area (Å²) in [5, 5.41) is 184. The molecule has 0 radical (unpaired) electrons. The Labute approximate surface area is 519 Å². The predicted molar refractivity (Wildman–Crippen MR) is 303 cm³/mol. The van der Waals surface area contributed by atoms with Crippen LogP contribution in [0.25, 0.3) is 0 Å². The van der Waals surface area contributed by atoms with E-state index in [2.05, 4.69) is 47.6 Å². The number of fused-ring (bicyclic) bond motifs is 5. The molecule has 2 unspecified atom stereocenters. The summed E-state index contributed by atoms with van der Waals surface area (Å²) in [5.74, 6) is 0.267. The molecule has 28 nitrogen and oxygen atoms in total. The van der Waals surface area contributed by atoms with Gasteiger partial charge in [-0.15, -0.1) is 0 Å². The lowest BCUT2D eigenvalue weighted by Crippen LogP contribution is -2.65. The second kappa shape index (κ2) is 27.6. The SMILES string of the molecule is CO[C@H]1O[C@@H](OC[C@H]2O[C@@H](O[C@H](CC[C@@H](C)[C@H]3CC[C@@]4(C)[C@@H]5CC=C6[C@@H](CC[C@H](OC7O[C@H](COC8O[C@H](CO)[C@@H](O)[C@H](O)[C@H]8O)[C@@H](O)[C@H](O)[C@H]7O)C6(C)C)[C@]5(C)[C@H](O)C[C@]34C)C(C)(C)C)[C@H](O[C@@H]3O[C@H](CO)[C@@H](O)[C@H](O)[C@H]3O)[C@@H](O)[C@@H]2O)[C@H](O)[C@@H](O)[C@@H]1O. The van der Waals surface area contributed by atoms with Gasteiger partial charge in [0, 0.05) is 17.9 Å². The van der Waals surface area contributed by atoms with Crippen LogP contribution in [0.3, 0.4) is 0 Å². The summed E-state index contributed by atoms with van der Waals surface area (Å²) in [6.07, 6.45) is -35.0. The van der Waals surface area contributed by atoms with Crippen LogP contribution in [-0.2, 0) is 52.1 Å². The zero-order chi connectivity index (χ0) is 65.5. The summed E-state index contributed by atoms with van der Waals surface area (Å²) in [6.45, 7) is 16.6. The molecule has 0 aromatic carbocycles. The number of hydrogen-bond donors (Lipinski definition) is 17. The maximum Gasteiger partial charge on any atom is 0.189 e. The normalized spacial score (nSPS) is 51.8. The summed E-state index contributed by atoms with van der Waals surface area (Å²) in [4.78, 5) is 0. The number of rotatable bonds is 19. The number of methoxy groups -OCH3 is 1. The fourth-order valence-electron chi connectivity index (χ4n) is 17.1. The number of ether oxygens (including phenoxy) is 11. The topological polar surface area (TPSA) is 445 Å². The van der Waals surface area contributed by atoms with Crippen molar-refractivity contribution in [2.75, 3.05) is 33.5 Å². The fourth-order valence-corrected chi connectivity index (χ4v) is 17.1. The Kier molecular flexibility index (Phi) is 22.3. The molecule has 8 fully saturated rings. The van der Waals surface area contributed by atoms with E-state index in [9.17, 15) is 86.8 Å². The van der Waals surface area contributed by atoms with Crippen molar-refractivity contribution < 1.29 is 139 Å². The van der Waals surface area contributed by atoms with E-state index in [1.165, 1.54) is 7.11 Å². The Bertz CT molecular complexity index is 2340. The van der Waals surface area contributed by atoms with Gasteiger partial charge in [-0.2, -0.15) is 0 Å². The molecule has 0 amide bonds. The lowest BCUT2D eigenvalue weighted by atomic mass is 9.38. The van der Waals surface area contributed by atoms with Crippen molar-refractivity contribution >= 4 is 0 Å². The molecule has 3 saturated carbocycles. The van der Waals surface area contributed by atoms with Gasteiger partial charge in [0.25, 0.3) is 0 Å². The van der Waals surface area contributed by atoms with Gasteiger partial charge in [-0.3, -0.25) is 0 Å². The van der Waals surface area contributed by atoms with Crippen LogP contribution in [0.15, 0.2) is 11.6 Å². The summed E-state index contributed by atoms with van der Waals surface area (Å²) in [7, 11) is 1.21. The second-order valence-electron chi connectivity index (χ2n) is 29.3. The fraction of sp³-hybridized carbons (Fsp3) is 0.967. The number of aliphatic hydroxyl groups excluding tert-OH is 17. The Morgan fingerprint density at radius 1 is 0.528 bits per heavy atom. The number of hydrogen-bond acceptors (Lipinski definition) is 28. The Hall–Kier alpha value is -1.38. The Morgan fingerprint density at radius 2 is 1.00 bits per heavy atom. The largest absolute Gasteiger partial charge is 0.394 e. The van der Waals surface area contributed by atoms with Gasteiger partial charge in [-0.25, -0.2) is 0 Å². The molecule has 5 heterocycles. The van der Waals surface area contributed by atoms with Gasteiger partial charge < -0.3 is 139 Å². The molecule has 0 aromatic heterocycles. The van der Waals surface area contributed by atoms with E-state index >= 15 is 0 Å². The Balaban J connectivity index is 0.883. The minimum atomic E-state index is -1.89. The maximum absolute atomic E-state index is 12.9. The molecular weight excluding hydrogens is 1180 g/mol. The van der Waals surface area contributed by atoms with E-state index in [0.717, 1.165) is 18.4 Å². The highest BCUT2D eigenvalue weighted by Gasteiger charge is 2.70. The van der Waals surface area contributed by atoms with Crippen molar-refractivity contribution in [3.8, 4) is 0 Å². The summed E-state index contributed by atoms with van der Waals surface area (Å²) < 4.78 is 65.2. The molecule has 4 aliphatic carbocycles. The highest BCUT2D eigenvalue weighted by atomic mass is 16.8. The van der Waals surface area contributed by atoms with Crippen molar-refractivity contribution in [2.24, 2.45) is 50.7 Å². The molecular formula is C61H104O28. The summed E-state index contributed by atoms with van der Waals surface area (Å²) in [5.41, 5.74) is -1.27. The first-order valence-electron chi connectivity index (χ1n) is 31.8. The van der Waals surface area contributed by atoms with Gasteiger partial charge in [0.15, 0.2) is 37.7 Å². The van der Waals surface area contributed by atoms with E-state index in [1.807, 2.05) is 20.8 Å². The molecule has 5 aliphatic heterocycles. The summed E-state index contributed by atoms with van der Waals surface area (Å²) in [6, 6.07) is 0. The average Bonchev–Trinajstić information content (AvgIpc) is 1.66. The van der Waals surface area contributed by atoms with Gasteiger partial charge in [-0.05, 0) is 91.3 Å². The van der Waals surface area contributed by atoms with Crippen LogP contribution < -0.4 is 0 Å². The third-order valence-corrected chi connectivity index (χ3v) is 23.0. The van der Waals surface area contributed by atoms with Gasteiger partial charge in [0.1, 0.15) is 116 Å². The third kappa shape index (κ3) is 13.1. The minimum absolute atomic E-state index is 0.0450. The van der Waals surface area contributed by atoms with Gasteiger partial charge >= 0.3 is 0 Å². The highest BCUT2D eigenvalue weighted by Crippen LogP contribution is 2.75. The zero-order valence-electron chi connectivity index (χ0n) is 52.6. The van der Waals surface area contributed by atoms with Crippen LogP contribution in [-0.4, -0.2) is 292 Å². The lowest BCUT2D eigenvalue weighted by molar-refractivity contribution is -0.382. The monoisotopic (exact) mass is 1280 g/mol. The smallest absolute Gasteiger partial charge is 0.189 e. The molecule has 28 heteroatoms. The second-order valence-corrected chi connectivity index (χ2v) is 29.3. The first-order valence-corrected chi connectivity index (χ1v) is 31.8. The molecule has 35 atom stereocenters. The standard InChI is InChI=1S/C61H104O28/c1-24(11-15-34(57(2,3)4)86-56-50(88-55-49(78)41(70)37(66)29(21-63)83-55)44(73)39(68)31(85-56)23-81-53-47(76)43(72)45(74)51(79-10)89-53)25-17-18-59(7)32-14-12-26-27(61(32,9)33(64)19-60(25,59)8)13-16-35(58(26,5)6)87-54-48(77)42(71)38(67)30(84-54)22-80-52-46(75)40(69)36(65)28(20-62)82-52/h12,24-25,27-56,62-78H,11,13-23H2,1-10H3/t24-,25-,27-,28-,29-,30-,31-,32+,33-,34-,35+,36-,37-,38-,39-,40+,41+,42+,43+,44+,45+,46-,47-,48-,49-,50-,51+,52?,53-,54?,55+,56+,59+,60-,61+/m1/s1. The molecule has 0 bridgehead atoms. The first-order chi connectivity index (χ1) is 41.6. The van der Waals surface area contributed by atoms with Crippen LogP contribution in [0, 0.1) is 50.7 Å². The van der Waals surface area contributed by atoms with Crippen LogP contribution in [0.4, 0.5) is 0 Å². The molecule has 0 aromatic rings. The van der Waals surface area contributed by atoms with E-state index in [-0.39, 0.29) is 34.5 Å². The van der Waals surface area contributed by atoms with Gasteiger partial charge in [0.2, 0.25) is 0 Å². The maximum atomic E-state index is 12.9. The van der Waals surface area contributed by atoms with E-state index in [1.54, 1.807) is 0 Å². The predicted octanol–water partition coefficient (Wildman–Crippen LogP) is -3.52. The number of allylic oxidation sites excluding steroid dienone is 1. The Morgan fingerprint density at radius 3 is 1.55 bits per heavy atom. The van der Waals surface area contributed by atoms with Crippen LogP contribution in [0.5, 0.6) is 0 Å². The van der Waals surface area contributed by atoms with Crippen molar-refractivity contribution in [3.63, 3.8) is 0 Å². The first kappa shape index (κ1) is 71.9. The van der Waals surface area contributed by atoms with Crippen LogP contribution in [0.2, 0.25) is 0 Å². The van der Waals surface area contributed by atoms with E-state index in [0.29, 0.717) is 38.5 Å². The molecule has 0 spiro atoms. The van der Waals surface area contributed by atoms with E-state index in [4.69, 9.17) is 52.1 Å². The molecule has 89 heavy (non-hydrogen) atoms. The third-order valence-electron chi connectivity index (χ3n) is 23.0. The van der Waals surface area contributed by atoms with E-state index < -0.39 is 215 Å². The molecule has 9 aliphatic rings. The van der Waals surface area contributed by atoms with Crippen molar-refractivity contribution in [1.29, 1.82) is 0 Å². The van der Waals surface area contributed by atoms with Crippen molar-refractivity contribution in [1.82, 2.24) is 0 Å². The lowest BCUT2D eigenvalue weighted by Gasteiger charge is -2.67. The average molecular weight is 1290 g/mol. The highest BCUT2D eigenvalue weighted by molar-refractivity contribution is 5.32. The van der Waals surface area contributed by atoms with Crippen LogP contribution in [0.1, 0.15) is 114 Å². The molecule has 516 valence electrons. The zero-order valence-corrected chi connectivity index (χ0v) is 52.6. The van der Waals surface area contributed by atoms with Crippen molar-refractivity contribution in [3.05, 3.63) is 11.6 Å².